The summed E-state index contributed by atoms with van der Waals surface area (Å²) in [5.74, 6) is 0.314. The van der Waals surface area contributed by atoms with E-state index >= 15 is 0 Å². The molecule has 1 atom stereocenters. The van der Waals surface area contributed by atoms with Crippen LogP contribution < -0.4 is 5.32 Å². The number of aldehydes is 1. The molecule has 0 saturated heterocycles. The zero-order valence-electron chi connectivity index (χ0n) is 8.95. The number of hydrogen-bond acceptors (Lipinski definition) is 2. The molecule has 0 unspecified atom stereocenters. The van der Waals surface area contributed by atoms with Crippen LogP contribution in [-0.2, 0) is 4.79 Å². The van der Waals surface area contributed by atoms with Gasteiger partial charge in [-0.15, -0.1) is 0 Å². The number of rotatable bonds is 4. The number of benzene rings is 1. The predicted octanol–water partition coefficient (Wildman–Crippen LogP) is 2.63. The summed E-state index contributed by atoms with van der Waals surface area (Å²) in [5, 5.41) is 3.19. The van der Waals surface area contributed by atoms with Crippen LogP contribution in [-0.4, -0.2) is 12.3 Å². The van der Waals surface area contributed by atoms with E-state index in [1.165, 1.54) is 5.56 Å². The minimum atomic E-state index is -0.0993. The summed E-state index contributed by atoms with van der Waals surface area (Å²) in [6.07, 6.45) is 0.963. The molecule has 0 heterocycles. The molecule has 1 N–H and O–H groups in total. The summed E-state index contributed by atoms with van der Waals surface area (Å²) in [7, 11) is 0. The molecule has 0 bridgehead atoms. The van der Waals surface area contributed by atoms with Gasteiger partial charge in [-0.25, -0.2) is 0 Å². The Bertz CT molecular complexity index is 290. The van der Waals surface area contributed by atoms with Crippen LogP contribution in [0.25, 0.3) is 0 Å². The highest BCUT2D eigenvalue weighted by atomic mass is 16.1. The first-order valence-corrected chi connectivity index (χ1v) is 4.92. The molecule has 0 spiro atoms. The van der Waals surface area contributed by atoms with Gasteiger partial charge in [-0.05, 0) is 25.0 Å². The van der Waals surface area contributed by atoms with Crippen LogP contribution in [0.5, 0.6) is 0 Å². The number of carbonyl (C=O) groups is 1. The maximum Gasteiger partial charge on any atom is 0.142 e. The lowest BCUT2D eigenvalue weighted by Gasteiger charge is -2.17. The number of aryl methyl sites for hydroxylation is 1. The summed E-state index contributed by atoms with van der Waals surface area (Å²) < 4.78 is 0. The normalized spacial score (nSPS) is 12.6. The number of nitrogens with one attached hydrogen (secondary N) is 1. The van der Waals surface area contributed by atoms with Gasteiger partial charge >= 0.3 is 0 Å². The van der Waals surface area contributed by atoms with Gasteiger partial charge in [0.05, 0.1) is 6.04 Å². The quantitative estimate of drug-likeness (QED) is 0.741. The summed E-state index contributed by atoms with van der Waals surface area (Å²) >= 11 is 0. The van der Waals surface area contributed by atoms with Crippen molar-refractivity contribution in [1.29, 1.82) is 0 Å². The average molecular weight is 191 g/mol. The molecule has 0 aliphatic heterocycles. The monoisotopic (exact) mass is 191 g/mol. The molecule has 76 valence electrons. The van der Waals surface area contributed by atoms with Crippen LogP contribution in [0, 0.1) is 12.8 Å². The van der Waals surface area contributed by atoms with Crippen molar-refractivity contribution in [3.63, 3.8) is 0 Å². The fourth-order valence-corrected chi connectivity index (χ4v) is 1.20. The number of hydrogen-bond donors (Lipinski definition) is 1. The topological polar surface area (TPSA) is 29.1 Å². The molecule has 1 aromatic carbocycles. The van der Waals surface area contributed by atoms with Crippen LogP contribution >= 0.6 is 0 Å². The van der Waals surface area contributed by atoms with Crippen LogP contribution in [0.4, 0.5) is 5.69 Å². The Morgan fingerprint density at radius 3 is 2.21 bits per heavy atom. The van der Waals surface area contributed by atoms with Crippen molar-refractivity contribution < 1.29 is 4.79 Å². The van der Waals surface area contributed by atoms with Crippen molar-refractivity contribution in [2.24, 2.45) is 5.92 Å². The Morgan fingerprint density at radius 1 is 1.21 bits per heavy atom. The second-order valence-corrected chi connectivity index (χ2v) is 3.92. The van der Waals surface area contributed by atoms with E-state index < -0.39 is 0 Å². The van der Waals surface area contributed by atoms with E-state index in [1.807, 2.05) is 45.0 Å². The minimum Gasteiger partial charge on any atom is -0.375 e. The first kappa shape index (κ1) is 10.8. The standard InChI is InChI=1S/C12H17NO/c1-9(2)12(8-14)13-11-6-4-10(3)5-7-11/h4-9,12-13H,1-3H3/t12-/m1/s1. The van der Waals surface area contributed by atoms with Gasteiger partial charge in [0.1, 0.15) is 6.29 Å². The van der Waals surface area contributed by atoms with Gasteiger partial charge in [0.15, 0.2) is 0 Å². The first-order chi connectivity index (χ1) is 6.63. The molecular weight excluding hydrogens is 174 g/mol. The van der Waals surface area contributed by atoms with E-state index in [1.54, 1.807) is 0 Å². The first-order valence-electron chi connectivity index (χ1n) is 4.92. The maximum atomic E-state index is 10.8. The lowest BCUT2D eigenvalue weighted by molar-refractivity contribution is -0.109. The van der Waals surface area contributed by atoms with Gasteiger partial charge in [0, 0.05) is 5.69 Å². The zero-order chi connectivity index (χ0) is 10.6. The molecule has 1 rings (SSSR count). The lowest BCUT2D eigenvalue weighted by atomic mass is 10.1. The Labute approximate surface area is 85.3 Å². The Morgan fingerprint density at radius 2 is 1.79 bits per heavy atom. The van der Waals surface area contributed by atoms with E-state index in [9.17, 15) is 4.79 Å². The number of carbonyl (C=O) groups excluding carboxylic acids is 1. The van der Waals surface area contributed by atoms with E-state index in [0.29, 0.717) is 5.92 Å². The van der Waals surface area contributed by atoms with Gasteiger partial charge in [-0.3, -0.25) is 0 Å². The fraction of sp³-hybridized carbons (Fsp3) is 0.417. The molecule has 2 heteroatoms. The third-order valence-electron chi connectivity index (χ3n) is 2.25. The smallest absolute Gasteiger partial charge is 0.142 e. The van der Waals surface area contributed by atoms with Gasteiger partial charge < -0.3 is 10.1 Å². The lowest BCUT2D eigenvalue weighted by Crippen LogP contribution is -2.26. The zero-order valence-corrected chi connectivity index (χ0v) is 8.95. The molecule has 0 aromatic heterocycles. The van der Waals surface area contributed by atoms with E-state index in [-0.39, 0.29) is 6.04 Å². The van der Waals surface area contributed by atoms with E-state index in [0.717, 1.165) is 12.0 Å². The Balaban J connectivity index is 2.67. The summed E-state index contributed by atoms with van der Waals surface area (Å²) in [4.78, 5) is 10.8. The van der Waals surface area contributed by atoms with Crippen molar-refractivity contribution >= 4 is 12.0 Å². The van der Waals surface area contributed by atoms with Crippen LogP contribution in [0.3, 0.4) is 0 Å². The molecule has 0 radical (unpaired) electrons. The van der Waals surface area contributed by atoms with Crippen molar-refractivity contribution in [2.75, 3.05) is 5.32 Å². The highest BCUT2D eigenvalue weighted by Crippen LogP contribution is 2.12. The predicted molar refractivity (Wildman–Crippen MR) is 59.5 cm³/mol. The fourth-order valence-electron chi connectivity index (χ4n) is 1.20. The van der Waals surface area contributed by atoms with Crippen molar-refractivity contribution in [2.45, 2.75) is 26.8 Å². The minimum absolute atomic E-state index is 0.0993. The Hall–Kier alpha value is -1.31. The molecular formula is C12H17NO. The van der Waals surface area contributed by atoms with E-state index in [2.05, 4.69) is 5.32 Å². The second kappa shape index (κ2) is 4.80. The highest BCUT2D eigenvalue weighted by Gasteiger charge is 2.10. The third-order valence-corrected chi connectivity index (χ3v) is 2.25. The Kier molecular flexibility index (Phi) is 3.69. The van der Waals surface area contributed by atoms with Crippen molar-refractivity contribution in [3.8, 4) is 0 Å². The van der Waals surface area contributed by atoms with Crippen LogP contribution in [0.15, 0.2) is 24.3 Å². The summed E-state index contributed by atoms with van der Waals surface area (Å²) in [6.45, 7) is 6.10. The summed E-state index contributed by atoms with van der Waals surface area (Å²) in [5.41, 5.74) is 2.23. The molecule has 0 aliphatic rings. The SMILES string of the molecule is Cc1ccc(N[C@H](C=O)C(C)C)cc1. The van der Waals surface area contributed by atoms with Gasteiger partial charge in [-0.1, -0.05) is 31.5 Å². The molecule has 0 fully saturated rings. The molecule has 0 aliphatic carbocycles. The van der Waals surface area contributed by atoms with Gasteiger partial charge in [0.2, 0.25) is 0 Å². The molecule has 1 aromatic rings. The molecule has 0 saturated carbocycles. The molecule has 0 amide bonds. The highest BCUT2D eigenvalue weighted by molar-refractivity contribution is 5.64. The second-order valence-electron chi connectivity index (χ2n) is 3.92. The van der Waals surface area contributed by atoms with Crippen molar-refractivity contribution in [3.05, 3.63) is 29.8 Å². The number of anilines is 1. The summed E-state index contributed by atoms with van der Waals surface area (Å²) in [6, 6.07) is 7.95. The van der Waals surface area contributed by atoms with Crippen LogP contribution in [0.1, 0.15) is 19.4 Å². The van der Waals surface area contributed by atoms with Crippen LogP contribution in [0.2, 0.25) is 0 Å². The average Bonchev–Trinajstić information content (AvgIpc) is 2.16. The van der Waals surface area contributed by atoms with Gasteiger partial charge in [0.25, 0.3) is 0 Å². The van der Waals surface area contributed by atoms with E-state index in [4.69, 9.17) is 0 Å². The van der Waals surface area contributed by atoms with Gasteiger partial charge in [-0.2, -0.15) is 0 Å². The molecule has 2 nitrogen and oxygen atoms in total. The largest absolute Gasteiger partial charge is 0.375 e. The third kappa shape index (κ3) is 2.87. The van der Waals surface area contributed by atoms with Crippen molar-refractivity contribution in [1.82, 2.24) is 0 Å². The molecule has 14 heavy (non-hydrogen) atoms. The maximum absolute atomic E-state index is 10.8.